The summed E-state index contributed by atoms with van der Waals surface area (Å²) < 4.78 is 13.4. The minimum Gasteiger partial charge on any atom is -0.508 e. The van der Waals surface area contributed by atoms with Crippen molar-refractivity contribution in [3.63, 3.8) is 0 Å². The van der Waals surface area contributed by atoms with Crippen molar-refractivity contribution in [2.24, 2.45) is 23.1 Å². The first-order chi connectivity index (χ1) is 30.3. The number of nitrogens with zero attached hydrogens (tertiary/aromatic N) is 1. The summed E-state index contributed by atoms with van der Waals surface area (Å²) in [6.07, 6.45) is -3.38. The fourth-order valence-corrected chi connectivity index (χ4v) is 7.57. The molecule has 24 nitrogen and oxygen atoms in total. The number of aromatic hydroxyl groups is 1. The molecule has 1 fully saturated rings. The standard InChI is InChI=1S/C40H63N11O13S/c1-6-21(2)33-37(61)46-24(11-12-28(41)53)34(58)48-27(18-29(42)54)35(59)47-25(38(62)51(5)20-32(57)50-40(3,4)39(63)44-19-30(43)55)13-15-65(64)16-14-31(56)45-26(36(60)49-33)17-22-7-9-23(52)10-8-22/h7-10,21,24-27,31,33,45,52,56H,6,11-20H2,1-5H3,(H2,41,53)(H2,42,54)(H2,43,55)(H,44,63)(H,46,61)(H,47,59)(H,48,58)(H,49,60)(H,50,57)/t21-,24-,25-,26+,27-,31?,33-,65?/m0/s1. The summed E-state index contributed by atoms with van der Waals surface area (Å²) in [4.78, 5) is 131. The molecule has 362 valence electrons. The number of hydrogen-bond acceptors (Lipinski definition) is 14. The molecular weight excluding hydrogens is 875 g/mol. The highest BCUT2D eigenvalue weighted by Crippen LogP contribution is 2.15. The molecule has 0 bridgehead atoms. The molecule has 15 N–H and O–H groups in total. The largest absolute Gasteiger partial charge is 0.508 e. The van der Waals surface area contributed by atoms with E-state index in [0.29, 0.717) is 12.0 Å². The lowest BCUT2D eigenvalue weighted by molar-refractivity contribution is -0.140. The molecule has 65 heavy (non-hydrogen) atoms. The number of aliphatic hydroxyl groups is 1. The highest BCUT2D eigenvalue weighted by Gasteiger charge is 2.36. The third-order valence-electron chi connectivity index (χ3n) is 10.3. The summed E-state index contributed by atoms with van der Waals surface area (Å²) in [5.41, 5.74) is 14.8. The van der Waals surface area contributed by atoms with E-state index in [-0.39, 0.29) is 36.5 Å². The van der Waals surface area contributed by atoms with Crippen molar-refractivity contribution >= 4 is 69.9 Å². The topological polar surface area (TPSA) is 394 Å². The van der Waals surface area contributed by atoms with Gasteiger partial charge in [0, 0.05) is 35.8 Å². The number of amides is 10. The SMILES string of the molecule is CC[C@H](C)[C@@H]1NC(=O)[C@@H](Cc2ccc(O)cc2)NC(O)CCS(=O)CC[C@@H](C(=O)N(C)CC(=O)NC(C)(C)C(=O)NCC(N)=O)NC(=O)[C@H](CC(N)=O)NC(=O)[C@H](CCC(N)=O)NC1=O. The van der Waals surface area contributed by atoms with Crippen molar-refractivity contribution < 1.29 is 62.4 Å². The van der Waals surface area contributed by atoms with Crippen LogP contribution in [0.25, 0.3) is 0 Å². The molecule has 0 radical (unpaired) electrons. The maximum atomic E-state index is 14.0. The number of likely N-dealkylation sites (N-methyl/N-ethyl adjacent to an activating group) is 1. The van der Waals surface area contributed by atoms with Crippen molar-refractivity contribution in [1.29, 1.82) is 0 Å². The van der Waals surface area contributed by atoms with Crippen LogP contribution in [0, 0.1) is 5.92 Å². The summed E-state index contributed by atoms with van der Waals surface area (Å²) in [7, 11) is -0.611. The second-order valence-corrected chi connectivity index (χ2v) is 18.0. The van der Waals surface area contributed by atoms with Gasteiger partial charge < -0.3 is 64.2 Å². The lowest BCUT2D eigenvalue weighted by Crippen LogP contribution is -2.61. The lowest BCUT2D eigenvalue weighted by Gasteiger charge is -2.30. The van der Waals surface area contributed by atoms with Crippen LogP contribution in [0.3, 0.4) is 0 Å². The average Bonchev–Trinajstić information content (AvgIpc) is 3.22. The number of aliphatic hydroxyl groups excluding tert-OH is 1. The lowest BCUT2D eigenvalue weighted by atomic mass is 9.96. The maximum absolute atomic E-state index is 14.0. The van der Waals surface area contributed by atoms with E-state index in [1.54, 1.807) is 26.0 Å². The van der Waals surface area contributed by atoms with Crippen LogP contribution in [0.2, 0.25) is 0 Å². The molecule has 0 aromatic heterocycles. The van der Waals surface area contributed by atoms with Gasteiger partial charge in [0.15, 0.2) is 0 Å². The first kappa shape index (κ1) is 54.9. The normalized spacial score (nSPS) is 23.5. The molecule has 1 aromatic rings. The van der Waals surface area contributed by atoms with Crippen LogP contribution >= 0.6 is 0 Å². The Hall–Kier alpha value is -6.21. The molecule has 1 aliphatic rings. The van der Waals surface area contributed by atoms with Gasteiger partial charge in [-0.15, -0.1) is 0 Å². The van der Waals surface area contributed by atoms with Crippen molar-refractivity contribution in [1.82, 2.24) is 42.1 Å². The molecule has 1 aromatic carbocycles. The van der Waals surface area contributed by atoms with Crippen LogP contribution in [-0.4, -0.2) is 152 Å². The summed E-state index contributed by atoms with van der Waals surface area (Å²) in [6, 6.07) is -1.60. The molecule has 1 heterocycles. The number of nitrogens with one attached hydrogen (secondary N) is 7. The fraction of sp³-hybridized carbons (Fsp3) is 0.600. The quantitative estimate of drug-likeness (QED) is 0.0738. The van der Waals surface area contributed by atoms with Crippen molar-refractivity contribution in [3.05, 3.63) is 29.8 Å². The molecule has 0 aliphatic carbocycles. The van der Waals surface area contributed by atoms with Crippen LogP contribution < -0.4 is 54.4 Å². The zero-order valence-corrected chi connectivity index (χ0v) is 37.9. The van der Waals surface area contributed by atoms with Gasteiger partial charge in [-0.2, -0.15) is 0 Å². The number of rotatable bonds is 16. The van der Waals surface area contributed by atoms with E-state index >= 15 is 0 Å². The smallest absolute Gasteiger partial charge is 0.245 e. The Bertz CT molecular complexity index is 1930. The predicted molar refractivity (Wildman–Crippen MR) is 233 cm³/mol. The Morgan fingerprint density at radius 1 is 0.846 bits per heavy atom. The van der Waals surface area contributed by atoms with Gasteiger partial charge in [-0.05, 0) is 63.1 Å². The Balaban J connectivity index is 2.58. The summed E-state index contributed by atoms with van der Waals surface area (Å²) >= 11 is 0. The van der Waals surface area contributed by atoms with E-state index in [9.17, 15) is 62.4 Å². The number of carbonyl (C=O) groups excluding carboxylic acids is 10. The number of hydrogen-bond donors (Lipinski definition) is 12. The third kappa shape index (κ3) is 19.2. The van der Waals surface area contributed by atoms with Gasteiger partial charge in [-0.1, -0.05) is 32.4 Å². The maximum Gasteiger partial charge on any atom is 0.245 e. The van der Waals surface area contributed by atoms with Gasteiger partial charge in [-0.25, -0.2) is 0 Å². The zero-order valence-electron chi connectivity index (χ0n) is 37.1. The first-order valence-electron chi connectivity index (χ1n) is 20.8. The minimum absolute atomic E-state index is 0.0420. The molecule has 8 atom stereocenters. The van der Waals surface area contributed by atoms with Gasteiger partial charge in [0.2, 0.25) is 59.1 Å². The van der Waals surface area contributed by atoms with Gasteiger partial charge in [-0.3, -0.25) is 57.5 Å². The third-order valence-corrected chi connectivity index (χ3v) is 11.7. The Labute approximate surface area is 378 Å². The first-order valence-corrected chi connectivity index (χ1v) is 22.3. The van der Waals surface area contributed by atoms with Gasteiger partial charge in [0.25, 0.3) is 0 Å². The van der Waals surface area contributed by atoms with Crippen molar-refractivity contribution in [2.75, 3.05) is 31.6 Å². The summed E-state index contributed by atoms with van der Waals surface area (Å²) in [6.45, 7) is 4.85. The van der Waals surface area contributed by atoms with Crippen LogP contribution in [-0.2, 0) is 65.2 Å². The second-order valence-electron chi connectivity index (χ2n) is 16.3. The Morgan fingerprint density at radius 3 is 2.02 bits per heavy atom. The molecule has 2 rings (SSSR count). The number of nitrogens with two attached hydrogens (primary N) is 3. The summed E-state index contributed by atoms with van der Waals surface area (Å²) in [5, 5.41) is 38.3. The summed E-state index contributed by atoms with van der Waals surface area (Å²) in [5.74, 6) is -10.2. The molecular formula is C40H63N11O13S. The second kappa shape index (κ2) is 25.9. The van der Waals surface area contributed by atoms with E-state index in [2.05, 4.69) is 37.2 Å². The Morgan fingerprint density at radius 2 is 1.43 bits per heavy atom. The monoisotopic (exact) mass is 937 g/mol. The fourth-order valence-electron chi connectivity index (χ4n) is 6.38. The minimum atomic E-state index is -1.80. The Kier molecular flexibility index (Phi) is 21.9. The van der Waals surface area contributed by atoms with Gasteiger partial charge in [0.05, 0.1) is 25.6 Å². The number of phenolic OH excluding ortho intramolecular Hbond substituents is 1. The van der Waals surface area contributed by atoms with Crippen LogP contribution in [0.4, 0.5) is 0 Å². The van der Waals surface area contributed by atoms with E-state index in [1.807, 2.05) is 0 Å². The molecule has 1 saturated heterocycles. The molecule has 25 heteroatoms. The van der Waals surface area contributed by atoms with Crippen LogP contribution in [0.15, 0.2) is 24.3 Å². The molecule has 2 unspecified atom stereocenters. The predicted octanol–water partition coefficient (Wildman–Crippen LogP) is -5.17. The van der Waals surface area contributed by atoms with E-state index in [0.717, 1.165) is 4.90 Å². The van der Waals surface area contributed by atoms with Crippen LogP contribution in [0.1, 0.15) is 71.8 Å². The van der Waals surface area contributed by atoms with Gasteiger partial charge >= 0.3 is 0 Å². The molecule has 1 aliphatic heterocycles. The molecule has 0 spiro atoms. The highest BCUT2D eigenvalue weighted by molar-refractivity contribution is 7.84. The van der Waals surface area contributed by atoms with E-state index in [1.165, 1.54) is 33.0 Å². The number of phenols is 1. The van der Waals surface area contributed by atoms with E-state index in [4.69, 9.17) is 17.2 Å². The highest BCUT2D eigenvalue weighted by atomic mass is 32.2. The van der Waals surface area contributed by atoms with Gasteiger partial charge in [0.1, 0.15) is 41.7 Å². The molecule has 0 saturated carbocycles. The van der Waals surface area contributed by atoms with Crippen molar-refractivity contribution in [2.45, 2.75) is 115 Å². The number of primary amides is 3. The number of benzene rings is 1. The zero-order chi connectivity index (χ0) is 49.2. The van der Waals surface area contributed by atoms with E-state index < -0.39 is 150 Å². The van der Waals surface area contributed by atoms with Crippen molar-refractivity contribution in [3.8, 4) is 5.75 Å². The van der Waals surface area contributed by atoms with Crippen LogP contribution in [0.5, 0.6) is 5.75 Å². The average molecular weight is 938 g/mol. The number of carbonyl (C=O) groups is 10. The molecule has 10 amide bonds.